The Balaban J connectivity index is 1.99. The SMILES string of the molecule is CNc1nc(-c2ccc(-c3ccccc3)nc2C)cs1. The Morgan fingerprint density at radius 3 is 2.40 bits per heavy atom. The van der Waals surface area contributed by atoms with Crippen LogP contribution in [0, 0.1) is 6.92 Å². The molecule has 3 aromatic rings. The van der Waals surface area contributed by atoms with Crippen molar-refractivity contribution in [3.63, 3.8) is 0 Å². The van der Waals surface area contributed by atoms with Crippen molar-refractivity contribution in [1.82, 2.24) is 9.97 Å². The van der Waals surface area contributed by atoms with Gasteiger partial charge in [0.05, 0.1) is 11.4 Å². The molecule has 0 spiro atoms. The van der Waals surface area contributed by atoms with Gasteiger partial charge in [-0.2, -0.15) is 0 Å². The number of hydrogen-bond donors (Lipinski definition) is 1. The van der Waals surface area contributed by atoms with Crippen LogP contribution in [0.1, 0.15) is 5.69 Å². The van der Waals surface area contributed by atoms with Crippen LogP contribution in [0.3, 0.4) is 0 Å². The van der Waals surface area contributed by atoms with Crippen LogP contribution in [-0.4, -0.2) is 17.0 Å². The van der Waals surface area contributed by atoms with E-state index in [2.05, 4.69) is 39.9 Å². The molecular weight excluding hydrogens is 266 g/mol. The molecule has 0 saturated heterocycles. The summed E-state index contributed by atoms with van der Waals surface area (Å²) < 4.78 is 0. The summed E-state index contributed by atoms with van der Waals surface area (Å²) in [7, 11) is 1.88. The van der Waals surface area contributed by atoms with E-state index in [1.807, 2.05) is 32.2 Å². The van der Waals surface area contributed by atoms with Gasteiger partial charge in [-0.25, -0.2) is 4.98 Å². The van der Waals surface area contributed by atoms with E-state index in [9.17, 15) is 0 Å². The molecule has 0 aliphatic carbocycles. The lowest BCUT2D eigenvalue weighted by Crippen LogP contribution is -1.92. The highest BCUT2D eigenvalue weighted by atomic mass is 32.1. The summed E-state index contributed by atoms with van der Waals surface area (Å²) in [5, 5.41) is 6.04. The number of pyridine rings is 1. The molecule has 3 rings (SSSR count). The van der Waals surface area contributed by atoms with Gasteiger partial charge in [-0.1, -0.05) is 30.3 Å². The molecule has 0 bridgehead atoms. The Morgan fingerprint density at radius 2 is 1.75 bits per heavy atom. The first-order valence-electron chi connectivity index (χ1n) is 6.44. The second-order valence-electron chi connectivity index (χ2n) is 4.48. The largest absolute Gasteiger partial charge is 0.365 e. The van der Waals surface area contributed by atoms with Crippen molar-refractivity contribution in [2.75, 3.05) is 12.4 Å². The van der Waals surface area contributed by atoms with Gasteiger partial charge in [-0.05, 0) is 19.1 Å². The number of benzene rings is 1. The lowest BCUT2D eigenvalue weighted by molar-refractivity contribution is 1.20. The molecule has 3 nitrogen and oxygen atoms in total. The maximum absolute atomic E-state index is 4.70. The highest BCUT2D eigenvalue weighted by Crippen LogP contribution is 2.28. The summed E-state index contributed by atoms with van der Waals surface area (Å²) in [6.07, 6.45) is 0. The number of rotatable bonds is 3. The zero-order chi connectivity index (χ0) is 13.9. The lowest BCUT2D eigenvalue weighted by atomic mass is 10.1. The first-order valence-corrected chi connectivity index (χ1v) is 7.32. The van der Waals surface area contributed by atoms with Gasteiger partial charge in [0.15, 0.2) is 5.13 Å². The fraction of sp³-hybridized carbons (Fsp3) is 0.125. The molecule has 2 heterocycles. The van der Waals surface area contributed by atoms with E-state index in [1.54, 1.807) is 11.3 Å². The van der Waals surface area contributed by atoms with Crippen molar-refractivity contribution >= 4 is 16.5 Å². The minimum absolute atomic E-state index is 0.923. The Labute approximate surface area is 122 Å². The monoisotopic (exact) mass is 281 g/mol. The normalized spacial score (nSPS) is 10.5. The zero-order valence-electron chi connectivity index (χ0n) is 11.4. The number of hydrogen-bond acceptors (Lipinski definition) is 4. The van der Waals surface area contributed by atoms with Crippen LogP contribution in [0.4, 0.5) is 5.13 Å². The molecule has 20 heavy (non-hydrogen) atoms. The van der Waals surface area contributed by atoms with Gasteiger partial charge in [0.25, 0.3) is 0 Å². The van der Waals surface area contributed by atoms with Gasteiger partial charge in [0.1, 0.15) is 0 Å². The Bertz CT molecular complexity index is 720. The van der Waals surface area contributed by atoms with Crippen LogP contribution in [0.2, 0.25) is 0 Å². The molecule has 0 unspecified atom stereocenters. The highest BCUT2D eigenvalue weighted by Gasteiger charge is 2.09. The lowest BCUT2D eigenvalue weighted by Gasteiger charge is -2.06. The second kappa shape index (κ2) is 5.43. The molecule has 4 heteroatoms. The topological polar surface area (TPSA) is 37.8 Å². The van der Waals surface area contributed by atoms with E-state index in [0.29, 0.717) is 0 Å². The van der Waals surface area contributed by atoms with Crippen molar-refractivity contribution in [3.8, 4) is 22.5 Å². The van der Waals surface area contributed by atoms with E-state index in [1.165, 1.54) is 0 Å². The standard InChI is InChI=1S/C16H15N3S/c1-11-13(15-10-20-16(17-2)19-15)8-9-14(18-11)12-6-4-3-5-7-12/h3-10H,1-2H3,(H,17,19). The number of anilines is 1. The summed E-state index contributed by atoms with van der Waals surface area (Å²) in [4.78, 5) is 9.23. The molecule has 1 N–H and O–H groups in total. The second-order valence-corrected chi connectivity index (χ2v) is 5.34. The first-order chi connectivity index (χ1) is 9.78. The summed E-state index contributed by atoms with van der Waals surface area (Å²) >= 11 is 1.60. The molecule has 0 atom stereocenters. The quantitative estimate of drug-likeness (QED) is 0.781. The molecule has 0 saturated carbocycles. The van der Waals surface area contributed by atoms with Crippen molar-refractivity contribution < 1.29 is 0 Å². The maximum Gasteiger partial charge on any atom is 0.182 e. The van der Waals surface area contributed by atoms with Gasteiger partial charge in [-0.3, -0.25) is 4.98 Å². The van der Waals surface area contributed by atoms with Crippen LogP contribution in [0.25, 0.3) is 22.5 Å². The average Bonchev–Trinajstić information content (AvgIpc) is 2.97. The average molecular weight is 281 g/mol. The minimum atomic E-state index is 0.923. The summed E-state index contributed by atoms with van der Waals surface area (Å²) in [5.74, 6) is 0. The number of aromatic nitrogens is 2. The number of aryl methyl sites for hydroxylation is 1. The molecule has 0 amide bonds. The highest BCUT2D eigenvalue weighted by molar-refractivity contribution is 7.14. The Morgan fingerprint density at radius 1 is 0.950 bits per heavy atom. The van der Waals surface area contributed by atoms with Gasteiger partial charge in [-0.15, -0.1) is 11.3 Å². The molecule has 1 aromatic carbocycles. The van der Waals surface area contributed by atoms with E-state index in [-0.39, 0.29) is 0 Å². The molecular formula is C16H15N3S. The van der Waals surface area contributed by atoms with Crippen molar-refractivity contribution in [2.24, 2.45) is 0 Å². The predicted octanol–water partition coefficient (Wildman–Crippen LogP) is 4.22. The number of thiazole rings is 1. The minimum Gasteiger partial charge on any atom is -0.365 e. The number of nitrogens with zero attached hydrogens (tertiary/aromatic N) is 2. The van der Waals surface area contributed by atoms with Crippen LogP contribution in [0.5, 0.6) is 0 Å². The predicted molar refractivity (Wildman–Crippen MR) is 85.1 cm³/mol. The molecule has 0 aliphatic heterocycles. The van der Waals surface area contributed by atoms with Crippen molar-refractivity contribution in [2.45, 2.75) is 6.92 Å². The smallest absolute Gasteiger partial charge is 0.182 e. The third-order valence-corrected chi connectivity index (χ3v) is 4.01. The summed E-state index contributed by atoms with van der Waals surface area (Å²) in [5.41, 5.74) is 5.19. The summed E-state index contributed by atoms with van der Waals surface area (Å²) in [6, 6.07) is 14.4. The Hall–Kier alpha value is -2.20. The van der Waals surface area contributed by atoms with Gasteiger partial charge in [0, 0.05) is 29.2 Å². The van der Waals surface area contributed by atoms with Crippen LogP contribution in [0.15, 0.2) is 47.8 Å². The fourth-order valence-corrected chi connectivity index (χ4v) is 2.79. The van der Waals surface area contributed by atoms with Crippen LogP contribution in [-0.2, 0) is 0 Å². The third-order valence-electron chi connectivity index (χ3n) is 3.15. The molecule has 0 aliphatic rings. The molecule has 0 fully saturated rings. The van der Waals surface area contributed by atoms with Crippen molar-refractivity contribution in [3.05, 3.63) is 53.5 Å². The van der Waals surface area contributed by atoms with Gasteiger partial charge in [0.2, 0.25) is 0 Å². The first kappa shape index (κ1) is 12.8. The van der Waals surface area contributed by atoms with Crippen LogP contribution < -0.4 is 5.32 Å². The van der Waals surface area contributed by atoms with E-state index in [4.69, 9.17) is 4.98 Å². The zero-order valence-corrected chi connectivity index (χ0v) is 12.2. The van der Waals surface area contributed by atoms with Gasteiger partial charge < -0.3 is 5.32 Å². The van der Waals surface area contributed by atoms with Gasteiger partial charge >= 0.3 is 0 Å². The van der Waals surface area contributed by atoms with E-state index < -0.39 is 0 Å². The van der Waals surface area contributed by atoms with E-state index >= 15 is 0 Å². The molecule has 2 aromatic heterocycles. The molecule has 100 valence electrons. The summed E-state index contributed by atoms with van der Waals surface area (Å²) in [6.45, 7) is 2.03. The van der Waals surface area contributed by atoms with Crippen LogP contribution >= 0.6 is 11.3 Å². The Kier molecular flexibility index (Phi) is 3.48. The van der Waals surface area contributed by atoms with Crippen molar-refractivity contribution in [1.29, 1.82) is 0 Å². The maximum atomic E-state index is 4.70. The van der Waals surface area contributed by atoms with E-state index in [0.717, 1.165) is 33.3 Å². The third kappa shape index (κ3) is 2.42. The fourth-order valence-electron chi connectivity index (χ4n) is 2.11. The number of nitrogens with one attached hydrogen (secondary N) is 1. The molecule has 0 radical (unpaired) electrons.